The third kappa shape index (κ3) is 5.85. The van der Waals surface area contributed by atoms with Crippen LogP contribution in [0.2, 0.25) is 0 Å². The van der Waals surface area contributed by atoms with Crippen molar-refractivity contribution in [3.8, 4) is 33.4 Å². The highest BCUT2D eigenvalue weighted by atomic mass is 32.1. The van der Waals surface area contributed by atoms with Crippen molar-refractivity contribution in [1.82, 2.24) is 0 Å². The van der Waals surface area contributed by atoms with E-state index in [0.717, 1.165) is 52.5 Å². The molecule has 0 aliphatic heterocycles. The molecule has 12 aromatic rings. The first kappa shape index (κ1) is 20.6. The summed E-state index contributed by atoms with van der Waals surface area (Å²) in [5.41, 5.74) is -6.82. The molecule has 1 nitrogen and oxygen atoms in total. The van der Waals surface area contributed by atoms with Crippen molar-refractivity contribution in [2.75, 3.05) is 4.90 Å². The molecule has 1 aromatic heterocycles. The van der Waals surface area contributed by atoms with Gasteiger partial charge in [0.25, 0.3) is 0 Å². The predicted octanol–water partition coefficient (Wildman–Crippen LogP) is 17.5. The Bertz CT molecular complexity index is 5090. The summed E-state index contributed by atoms with van der Waals surface area (Å²) in [6.45, 7) is 0. The van der Waals surface area contributed by atoms with Crippen molar-refractivity contribution in [1.29, 1.82) is 0 Å². The zero-order valence-electron chi connectivity index (χ0n) is 57.7. The van der Waals surface area contributed by atoms with Gasteiger partial charge >= 0.3 is 0 Å². The highest BCUT2D eigenvalue weighted by molar-refractivity contribution is 7.26. The molecule has 2 heteroatoms. The van der Waals surface area contributed by atoms with Crippen LogP contribution >= 0.6 is 11.3 Å². The van der Waals surface area contributed by atoms with Crippen molar-refractivity contribution in [3.63, 3.8) is 0 Å². The zero-order chi connectivity index (χ0) is 63.8. The third-order valence-electron chi connectivity index (χ3n) is 12.0. The summed E-state index contributed by atoms with van der Waals surface area (Å²) >= 11 is 1.63. The van der Waals surface area contributed by atoms with E-state index in [4.69, 9.17) is 16.4 Å². The van der Waals surface area contributed by atoms with Gasteiger partial charge in [0.15, 0.2) is 0 Å². The van der Waals surface area contributed by atoms with E-state index in [1.165, 1.54) is 12.1 Å². The third-order valence-corrected chi connectivity index (χ3v) is 13.2. The summed E-state index contributed by atoms with van der Waals surface area (Å²) < 4.78 is 227. The Labute approximate surface area is 416 Å². The number of thiophene rings is 1. The topological polar surface area (TPSA) is 3.24 Å². The average molecular weight is 868 g/mol. The first-order chi connectivity index (χ1) is 42.2. The number of anilines is 3. The van der Waals surface area contributed by atoms with Crippen molar-refractivity contribution in [2.24, 2.45) is 0 Å². The van der Waals surface area contributed by atoms with Crippen molar-refractivity contribution in [2.45, 2.75) is 5.41 Å². The molecule has 1 aliphatic carbocycles. The molecule has 0 fully saturated rings. The largest absolute Gasteiger partial charge is 0.310 e. The van der Waals surface area contributed by atoms with E-state index in [2.05, 4.69) is 18.2 Å². The van der Waals surface area contributed by atoms with Gasteiger partial charge in [-0.05, 0) is 114 Å². The van der Waals surface area contributed by atoms with Gasteiger partial charge in [0.05, 0.1) is 38.3 Å². The van der Waals surface area contributed by atoms with E-state index in [1.54, 1.807) is 23.5 Å². The molecule has 1 aliphatic rings. The van der Waals surface area contributed by atoms with Crippen LogP contribution in [0.15, 0.2) is 248 Å². The van der Waals surface area contributed by atoms with Crippen LogP contribution in [0.3, 0.4) is 0 Å². The maximum absolute atomic E-state index is 10.8. The van der Waals surface area contributed by atoms with Gasteiger partial charge in [-0.2, -0.15) is 0 Å². The SMILES string of the molecule is [2H]c1c([2H])c([2H])c(C2(c3c([2H])c([2H])c([2H])c([2H])c3[2H])c3c([2H])c([2H])c([2H])c([2H])c3-c3c([2H])c([2H])c(N(c4ccc(-c5ccc6ccccc6c5-c5cccc6c5sc5ccccc56)cc4)c4c([2H])c([2H])c5c([2H])c([2H])c([2H])c([2H])c5c4[2H])c([2H])c32)c([2H])c1[2H]. The fourth-order valence-corrected chi connectivity index (χ4v) is 10.4. The molecule has 65 heavy (non-hydrogen) atoms. The summed E-state index contributed by atoms with van der Waals surface area (Å²) in [5, 5.41) is 2.81. The first-order valence-corrected chi connectivity index (χ1v) is 21.3. The number of rotatable bonds is 7. The van der Waals surface area contributed by atoms with Crippen LogP contribution in [0.4, 0.5) is 17.1 Å². The second kappa shape index (κ2) is 15.1. The highest BCUT2D eigenvalue weighted by Crippen LogP contribution is 2.57. The summed E-state index contributed by atoms with van der Waals surface area (Å²) in [5.74, 6) is 0. The molecule has 13 rings (SSSR count). The minimum atomic E-state index is -3.22. The number of fused-ring (bicyclic) bond motifs is 8. The monoisotopic (exact) mass is 867 g/mol. The van der Waals surface area contributed by atoms with Crippen LogP contribution in [0.25, 0.3) is 75.1 Å². The number of hydrogen-bond acceptors (Lipinski definition) is 2. The molecule has 0 atom stereocenters. The van der Waals surface area contributed by atoms with Crippen LogP contribution in [-0.4, -0.2) is 0 Å². The van der Waals surface area contributed by atoms with Gasteiger partial charge in [0, 0.05) is 42.8 Å². The normalized spacial score (nSPS) is 17.9. The molecule has 304 valence electrons. The van der Waals surface area contributed by atoms with Crippen LogP contribution in [-0.2, 0) is 5.41 Å². The Morgan fingerprint density at radius 1 is 0.385 bits per heavy atom. The summed E-state index contributed by atoms with van der Waals surface area (Å²) in [4.78, 5) is 0.947. The average Bonchev–Trinajstić information content (AvgIpc) is 1.53. The number of hydrogen-bond donors (Lipinski definition) is 0. The molecule has 1 heterocycles. The van der Waals surface area contributed by atoms with Crippen molar-refractivity contribution < 1.29 is 32.9 Å². The maximum atomic E-state index is 10.8. The second-order valence-corrected chi connectivity index (χ2v) is 16.4. The lowest BCUT2D eigenvalue weighted by atomic mass is 9.67. The maximum Gasteiger partial charge on any atom is 0.0714 e. The molecule has 0 amide bonds. The standard InChI is InChI=1S/C63H41NS/c1-3-19-46(20-4-1)63(47-21-5-2-6-22-47)58-28-13-11-24-53(58)54-39-37-50(41-59(54)63)64(49-36-30-42-16-7-8-18-45(42)40-49)48-34-31-44(32-35-48)52-38-33-43-17-9-10-23-51(43)61(52)57-27-15-26-56-55-25-12-14-29-60(55)65-62(56)57/h1-41H/i1D,2D,3D,4D,5D,6D,7D,8D,11D,13D,16D,18D,19D,20D,21D,22D,24D,28D,30D,36D,37D,39D,40D,41D. The Morgan fingerprint density at radius 2 is 1.03 bits per heavy atom. The van der Waals surface area contributed by atoms with E-state index >= 15 is 0 Å². The van der Waals surface area contributed by atoms with Crippen LogP contribution in [0.5, 0.6) is 0 Å². The molecule has 0 bridgehead atoms. The summed E-state index contributed by atoms with van der Waals surface area (Å²) in [7, 11) is 0. The van der Waals surface area contributed by atoms with Gasteiger partial charge in [0.2, 0.25) is 0 Å². The van der Waals surface area contributed by atoms with Gasteiger partial charge in [-0.3, -0.25) is 0 Å². The van der Waals surface area contributed by atoms with E-state index in [9.17, 15) is 16.4 Å². The van der Waals surface area contributed by atoms with E-state index in [-0.39, 0.29) is 5.69 Å². The molecule has 0 radical (unpaired) electrons. The Kier molecular flexibility index (Phi) is 4.78. The van der Waals surface area contributed by atoms with Crippen molar-refractivity contribution >= 4 is 70.1 Å². The second-order valence-electron chi connectivity index (χ2n) is 15.3. The molecular formula is C63H41NS. The zero-order valence-corrected chi connectivity index (χ0v) is 34.5. The lowest BCUT2D eigenvalue weighted by Crippen LogP contribution is -2.28. The molecule has 0 unspecified atom stereocenters. The van der Waals surface area contributed by atoms with Gasteiger partial charge in [0.1, 0.15) is 0 Å². The lowest BCUT2D eigenvalue weighted by Gasteiger charge is -2.35. The first-order valence-electron chi connectivity index (χ1n) is 32.5. The Balaban J connectivity index is 1.20. The fourth-order valence-electron chi connectivity index (χ4n) is 9.17. The van der Waals surface area contributed by atoms with E-state index in [1.807, 2.05) is 60.7 Å². The molecule has 0 N–H and O–H groups in total. The number of nitrogens with zero attached hydrogens (tertiary/aromatic N) is 1. The quantitative estimate of drug-likeness (QED) is 0.154. The molecule has 0 saturated carbocycles. The van der Waals surface area contributed by atoms with Gasteiger partial charge in [-0.1, -0.05) is 206 Å². The van der Waals surface area contributed by atoms with Crippen molar-refractivity contribution in [3.05, 3.63) is 270 Å². The van der Waals surface area contributed by atoms with Gasteiger partial charge in [-0.25, -0.2) is 0 Å². The highest BCUT2D eigenvalue weighted by Gasteiger charge is 2.46. The molecule has 11 aromatic carbocycles. The molecular weight excluding hydrogens is 803 g/mol. The van der Waals surface area contributed by atoms with Gasteiger partial charge < -0.3 is 4.90 Å². The van der Waals surface area contributed by atoms with E-state index in [0.29, 0.717) is 5.56 Å². The van der Waals surface area contributed by atoms with E-state index < -0.39 is 206 Å². The molecule has 0 saturated heterocycles. The summed E-state index contributed by atoms with van der Waals surface area (Å²) in [6, 6.07) is 8.73. The van der Waals surface area contributed by atoms with Crippen LogP contribution < -0.4 is 4.90 Å². The number of benzene rings is 11. The summed E-state index contributed by atoms with van der Waals surface area (Å²) in [6.07, 6.45) is 0. The van der Waals surface area contributed by atoms with Crippen LogP contribution in [0.1, 0.15) is 55.2 Å². The minimum Gasteiger partial charge on any atom is -0.310 e. The fraction of sp³-hybridized carbons (Fsp3) is 0.0159. The predicted molar refractivity (Wildman–Crippen MR) is 277 cm³/mol. The Morgan fingerprint density at radius 3 is 1.85 bits per heavy atom. The van der Waals surface area contributed by atoms with Crippen LogP contribution in [0, 0.1) is 0 Å². The minimum absolute atomic E-state index is 0.137. The Hall–Kier alpha value is -8.04. The molecule has 0 spiro atoms. The smallest absolute Gasteiger partial charge is 0.0714 e. The van der Waals surface area contributed by atoms with Gasteiger partial charge in [-0.15, -0.1) is 11.3 Å². The lowest BCUT2D eigenvalue weighted by molar-refractivity contribution is 0.768.